The summed E-state index contributed by atoms with van der Waals surface area (Å²) in [6, 6.07) is 2.60. The minimum Gasteiger partial charge on any atom is -0.508 e. The summed E-state index contributed by atoms with van der Waals surface area (Å²) in [6.07, 6.45) is -0.836. The van der Waals surface area contributed by atoms with Crippen molar-refractivity contribution in [2.45, 2.75) is 57.8 Å². The fourth-order valence-electron chi connectivity index (χ4n) is 2.53. The summed E-state index contributed by atoms with van der Waals surface area (Å²) in [4.78, 5) is 36.3. The second kappa shape index (κ2) is 10.6. The van der Waals surface area contributed by atoms with Gasteiger partial charge in [-0.1, -0.05) is 26.0 Å². The molecule has 156 valence electrons. The minimum atomic E-state index is -1.24. The minimum absolute atomic E-state index is 0.0372. The number of hydrogen-bond acceptors (Lipinski definition) is 6. The predicted molar refractivity (Wildman–Crippen MR) is 102 cm³/mol. The molecule has 9 nitrogen and oxygen atoms in total. The van der Waals surface area contributed by atoms with Gasteiger partial charge in [0.1, 0.15) is 23.9 Å². The Morgan fingerprint density at radius 2 is 1.54 bits per heavy atom. The van der Waals surface area contributed by atoms with Gasteiger partial charge in [0.05, 0.1) is 6.10 Å². The van der Waals surface area contributed by atoms with Crippen LogP contribution in [0.4, 0.5) is 0 Å². The SMILES string of the molecule is CC(C)C[C@H](NC(=O)[C@H](Cc1ccc(O)cc1)NC(=O)[C@@H](N)[C@@H](C)O)C(=O)O. The zero-order valence-electron chi connectivity index (χ0n) is 16.3. The van der Waals surface area contributed by atoms with Gasteiger partial charge in [0.25, 0.3) is 0 Å². The number of aliphatic hydroxyl groups is 1. The van der Waals surface area contributed by atoms with Crippen LogP contribution in [0.25, 0.3) is 0 Å². The van der Waals surface area contributed by atoms with E-state index in [-0.39, 0.29) is 24.5 Å². The summed E-state index contributed by atoms with van der Waals surface area (Å²) in [5.41, 5.74) is 6.25. The molecule has 0 heterocycles. The van der Waals surface area contributed by atoms with Crippen LogP contribution in [0.15, 0.2) is 24.3 Å². The molecule has 0 aliphatic heterocycles. The number of carboxylic acid groups (broad SMARTS) is 1. The molecule has 0 saturated carbocycles. The second-order valence-electron chi connectivity index (χ2n) is 7.23. The summed E-state index contributed by atoms with van der Waals surface area (Å²) >= 11 is 0. The summed E-state index contributed by atoms with van der Waals surface area (Å²) in [6.45, 7) is 5.02. The van der Waals surface area contributed by atoms with Gasteiger partial charge in [-0.15, -0.1) is 0 Å². The number of nitrogens with two attached hydrogens (primary N) is 1. The molecule has 0 aliphatic rings. The van der Waals surface area contributed by atoms with Crippen LogP contribution < -0.4 is 16.4 Å². The van der Waals surface area contributed by atoms with Crippen molar-refractivity contribution < 1.29 is 29.7 Å². The van der Waals surface area contributed by atoms with Gasteiger partial charge in [-0.3, -0.25) is 9.59 Å². The van der Waals surface area contributed by atoms with Gasteiger partial charge in [-0.05, 0) is 37.0 Å². The number of aliphatic hydroxyl groups excluding tert-OH is 1. The Labute approximate surface area is 163 Å². The van der Waals surface area contributed by atoms with Crippen molar-refractivity contribution in [3.05, 3.63) is 29.8 Å². The molecule has 2 amide bonds. The number of carboxylic acids is 1. The topological polar surface area (TPSA) is 162 Å². The van der Waals surface area contributed by atoms with Crippen molar-refractivity contribution in [3.63, 3.8) is 0 Å². The fourth-order valence-corrected chi connectivity index (χ4v) is 2.53. The van der Waals surface area contributed by atoms with E-state index in [1.165, 1.54) is 19.1 Å². The van der Waals surface area contributed by atoms with E-state index in [9.17, 15) is 29.7 Å². The number of phenols is 1. The van der Waals surface area contributed by atoms with Gasteiger partial charge in [-0.2, -0.15) is 0 Å². The van der Waals surface area contributed by atoms with Gasteiger partial charge in [0.2, 0.25) is 11.8 Å². The van der Waals surface area contributed by atoms with Crippen molar-refractivity contribution in [1.29, 1.82) is 0 Å². The molecule has 0 spiro atoms. The lowest BCUT2D eigenvalue weighted by molar-refractivity contribution is -0.142. The van der Waals surface area contributed by atoms with Gasteiger partial charge in [0.15, 0.2) is 0 Å². The average molecular weight is 395 g/mol. The summed E-state index contributed by atoms with van der Waals surface area (Å²) < 4.78 is 0. The summed E-state index contributed by atoms with van der Waals surface area (Å²) in [5.74, 6) is -2.49. The molecule has 0 bridgehead atoms. The number of carbonyl (C=O) groups excluding carboxylic acids is 2. The maximum Gasteiger partial charge on any atom is 0.326 e. The van der Waals surface area contributed by atoms with Gasteiger partial charge in [0, 0.05) is 6.42 Å². The number of nitrogens with one attached hydrogen (secondary N) is 2. The molecule has 0 radical (unpaired) electrons. The van der Waals surface area contributed by atoms with Gasteiger partial charge < -0.3 is 31.7 Å². The molecule has 0 fully saturated rings. The van der Waals surface area contributed by atoms with Crippen LogP contribution in [-0.2, 0) is 20.8 Å². The highest BCUT2D eigenvalue weighted by Crippen LogP contribution is 2.12. The zero-order chi connectivity index (χ0) is 21.4. The molecule has 7 N–H and O–H groups in total. The van der Waals surface area contributed by atoms with Crippen molar-refractivity contribution in [1.82, 2.24) is 10.6 Å². The van der Waals surface area contributed by atoms with E-state index in [4.69, 9.17) is 5.73 Å². The number of amides is 2. The normalized spacial score (nSPS) is 15.4. The van der Waals surface area contributed by atoms with E-state index in [0.717, 1.165) is 0 Å². The maximum atomic E-state index is 12.7. The maximum absolute atomic E-state index is 12.7. The number of rotatable bonds is 10. The number of phenolic OH excluding ortho intramolecular Hbond substituents is 1. The monoisotopic (exact) mass is 395 g/mol. The van der Waals surface area contributed by atoms with E-state index in [1.807, 2.05) is 13.8 Å². The first-order valence-electron chi connectivity index (χ1n) is 9.06. The van der Waals surface area contributed by atoms with E-state index in [1.54, 1.807) is 12.1 Å². The number of aromatic hydroxyl groups is 1. The number of hydrogen-bond donors (Lipinski definition) is 6. The third-order valence-electron chi connectivity index (χ3n) is 4.15. The Morgan fingerprint density at radius 1 is 1.00 bits per heavy atom. The predicted octanol–water partition coefficient (Wildman–Crippen LogP) is -0.257. The molecule has 1 aromatic rings. The Bertz CT molecular complexity index is 675. The Kier molecular flexibility index (Phi) is 8.87. The smallest absolute Gasteiger partial charge is 0.326 e. The third kappa shape index (κ3) is 7.53. The molecule has 1 aromatic carbocycles. The quantitative estimate of drug-likeness (QED) is 0.318. The van der Waals surface area contributed by atoms with Crippen LogP contribution >= 0.6 is 0 Å². The molecule has 0 saturated heterocycles. The third-order valence-corrected chi connectivity index (χ3v) is 4.15. The van der Waals surface area contributed by atoms with Crippen LogP contribution in [0.3, 0.4) is 0 Å². The van der Waals surface area contributed by atoms with Crippen molar-refractivity contribution >= 4 is 17.8 Å². The Morgan fingerprint density at radius 3 is 2.00 bits per heavy atom. The molecule has 28 heavy (non-hydrogen) atoms. The lowest BCUT2D eigenvalue weighted by atomic mass is 10.0. The van der Waals surface area contributed by atoms with Crippen LogP contribution in [-0.4, -0.2) is 57.3 Å². The van der Waals surface area contributed by atoms with Crippen LogP contribution in [0.2, 0.25) is 0 Å². The van der Waals surface area contributed by atoms with Crippen molar-refractivity contribution in [2.75, 3.05) is 0 Å². The highest BCUT2D eigenvalue weighted by Gasteiger charge is 2.29. The van der Waals surface area contributed by atoms with E-state index in [2.05, 4.69) is 10.6 Å². The number of carbonyl (C=O) groups is 3. The number of aliphatic carboxylic acids is 1. The largest absolute Gasteiger partial charge is 0.508 e. The lowest BCUT2D eigenvalue weighted by Gasteiger charge is -2.24. The van der Waals surface area contributed by atoms with Gasteiger partial charge in [-0.25, -0.2) is 4.79 Å². The molecular weight excluding hydrogens is 366 g/mol. The summed E-state index contributed by atoms with van der Waals surface area (Å²) in [5, 5.41) is 33.1. The lowest BCUT2D eigenvalue weighted by Crippen LogP contribution is -2.57. The number of benzene rings is 1. The van der Waals surface area contributed by atoms with Crippen molar-refractivity contribution in [3.8, 4) is 5.75 Å². The Balaban J connectivity index is 2.99. The van der Waals surface area contributed by atoms with E-state index in [0.29, 0.717) is 5.56 Å². The highest BCUT2D eigenvalue weighted by molar-refractivity contribution is 5.92. The molecule has 9 heteroatoms. The van der Waals surface area contributed by atoms with Crippen LogP contribution in [0.1, 0.15) is 32.8 Å². The molecule has 1 rings (SSSR count). The van der Waals surface area contributed by atoms with E-state index >= 15 is 0 Å². The highest BCUT2D eigenvalue weighted by atomic mass is 16.4. The van der Waals surface area contributed by atoms with Gasteiger partial charge >= 0.3 is 5.97 Å². The first-order chi connectivity index (χ1) is 13.0. The average Bonchev–Trinajstić information content (AvgIpc) is 2.60. The molecule has 0 aliphatic carbocycles. The first kappa shape index (κ1) is 23.4. The zero-order valence-corrected chi connectivity index (χ0v) is 16.3. The first-order valence-corrected chi connectivity index (χ1v) is 9.06. The fraction of sp³-hybridized carbons (Fsp3) is 0.526. The Hall–Kier alpha value is -2.65. The molecule has 4 atom stereocenters. The van der Waals surface area contributed by atoms with Crippen LogP contribution in [0.5, 0.6) is 5.75 Å². The second-order valence-corrected chi connectivity index (χ2v) is 7.23. The molecule has 0 unspecified atom stereocenters. The molecule has 0 aromatic heterocycles. The standard InChI is InChI=1S/C19H29N3O6/c1-10(2)8-15(19(27)28)22-17(25)14(21-18(26)16(20)11(3)23)9-12-4-6-13(24)7-5-12/h4-7,10-11,14-16,23-24H,8-9,20H2,1-3H3,(H,21,26)(H,22,25)(H,27,28)/t11-,14+,15+,16+/m1/s1. The van der Waals surface area contributed by atoms with Crippen molar-refractivity contribution in [2.24, 2.45) is 11.7 Å². The van der Waals surface area contributed by atoms with Crippen LogP contribution in [0, 0.1) is 5.92 Å². The van der Waals surface area contributed by atoms with E-state index < -0.39 is 42.0 Å². The molecular formula is C19H29N3O6. The summed E-state index contributed by atoms with van der Waals surface area (Å²) in [7, 11) is 0.